The summed E-state index contributed by atoms with van der Waals surface area (Å²) in [6, 6.07) is -3.09. The molecule has 2 heterocycles. The average molecular weight is 367 g/mol. The van der Waals surface area contributed by atoms with Gasteiger partial charge in [0.1, 0.15) is 16.9 Å². The highest BCUT2D eigenvalue weighted by molar-refractivity contribution is 6.29. The molecular weight excluding hydrogens is 345 g/mol. The normalized spacial score (nSPS) is 18.9. The molecule has 0 fully saturated rings. The first kappa shape index (κ1) is 11.4. The van der Waals surface area contributed by atoms with Crippen molar-refractivity contribution in [1.82, 2.24) is 19.9 Å². The fraction of sp³-hybridized carbons (Fsp3) is 0.429. The summed E-state index contributed by atoms with van der Waals surface area (Å²) in [5.41, 5.74) is -0.0521. The molecule has 0 spiro atoms. The third kappa shape index (κ3) is 4.92. The molecule has 130 valence electrons. The van der Waals surface area contributed by atoms with Crippen molar-refractivity contribution < 1.29 is 21.4 Å². The first-order chi connectivity index (χ1) is 13.4. The highest BCUT2D eigenvalue weighted by Gasteiger charge is 2.36. The van der Waals surface area contributed by atoms with E-state index < -0.39 is 31.0 Å². The maximum atomic E-state index is 13.4. The lowest BCUT2D eigenvalue weighted by atomic mass is 10.3. The first-order valence-corrected chi connectivity index (χ1v) is 6.83. The van der Waals surface area contributed by atoms with E-state index in [2.05, 4.69) is 25.3 Å². The monoisotopic (exact) mass is 366 g/mol. The summed E-state index contributed by atoms with van der Waals surface area (Å²) in [4.78, 5) is 15.2. The molecule has 2 aromatic heterocycles. The molecule has 0 unspecified atom stereocenters. The smallest absolute Gasteiger partial charge is 0.352 e. The summed E-state index contributed by atoms with van der Waals surface area (Å²) in [5.74, 6) is -1.58. The van der Waals surface area contributed by atoms with Crippen LogP contribution in [0.5, 0.6) is 0 Å². The van der Waals surface area contributed by atoms with E-state index >= 15 is 0 Å². The Morgan fingerprint density at radius 3 is 2.42 bits per heavy atom. The Balaban J connectivity index is 2.63. The number of anilines is 2. The van der Waals surface area contributed by atoms with E-state index in [0.717, 1.165) is 0 Å². The standard InChI is InChI=1S/C14H16ClF3N6/c1-7(2)19-12-22-11(9-5-4-6-10(15)21-9)23-13(24-12)20-8(3)14(16,17)18/h4-8H,1-3H3,(H2,19,20,22,23,24)/t8-/m1/s1/i3D3,6D,7D,8D. The second kappa shape index (κ2) is 7.16. The molecule has 1 atom stereocenters. The molecule has 2 rings (SSSR count). The van der Waals surface area contributed by atoms with E-state index in [1.54, 1.807) is 0 Å². The van der Waals surface area contributed by atoms with E-state index in [-0.39, 0.29) is 28.7 Å². The molecule has 6 nitrogen and oxygen atoms in total. The summed E-state index contributed by atoms with van der Waals surface area (Å²) >= 11 is 5.79. The van der Waals surface area contributed by atoms with Gasteiger partial charge in [-0.2, -0.15) is 28.1 Å². The Morgan fingerprint density at radius 1 is 1.21 bits per heavy atom. The van der Waals surface area contributed by atoms with E-state index in [9.17, 15) is 13.2 Å². The van der Waals surface area contributed by atoms with Crippen molar-refractivity contribution in [3.63, 3.8) is 0 Å². The molecule has 0 amide bonds. The van der Waals surface area contributed by atoms with Gasteiger partial charge >= 0.3 is 6.18 Å². The van der Waals surface area contributed by atoms with Crippen LogP contribution in [0.15, 0.2) is 18.2 Å². The Kier molecular flexibility index (Phi) is 3.40. The van der Waals surface area contributed by atoms with Crippen LogP contribution in [0.4, 0.5) is 25.1 Å². The minimum absolute atomic E-state index is 0.0521. The lowest BCUT2D eigenvalue weighted by Gasteiger charge is -2.18. The van der Waals surface area contributed by atoms with E-state index in [1.165, 1.54) is 31.3 Å². The van der Waals surface area contributed by atoms with Crippen LogP contribution >= 0.6 is 11.6 Å². The first-order valence-electron chi connectivity index (χ1n) is 9.46. The number of aromatic nitrogens is 4. The number of alkyl halides is 3. The molecule has 0 bridgehead atoms. The summed E-state index contributed by atoms with van der Waals surface area (Å²) in [5, 5.41) is 3.79. The number of halogens is 4. The van der Waals surface area contributed by atoms with E-state index in [1.807, 2.05) is 0 Å². The molecule has 10 heteroatoms. The lowest BCUT2D eigenvalue weighted by molar-refractivity contribution is -0.138. The highest BCUT2D eigenvalue weighted by atomic mass is 35.5. The van der Waals surface area contributed by atoms with Gasteiger partial charge in [-0.15, -0.1) is 0 Å². The van der Waals surface area contributed by atoms with E-state index in [0.29, 0.717) is 0 Å². The van der Waals surface area contributed by atoms with Crippen LogP contribution < -0.4 is 10.6 Å². The van der Waals surface area contributed by atoms with Crippen LogP contribution in [0.2, 0.25) is 5.15 Å². The SMILES string of the molecule is [2H]c1ccc(-c2nc(NC([2H])(C)C)nc(N[C@]([2H])(C([2H])([2H])[2H])C(F)(F)F)n2)nc1Cl. The van der Waals surface area contributed by atoms with Crippen LogP contribution in [0.3, 0.4) is 0 Å². The number of rotatable bonds is 5. The zero-order chi connectivity index (χ0) is 23.1. The molecule has 24 heavy (non-hydrogen) atoms. The van der Waals surface area contributed by atoms with Crippen LogP contribution in [-0.2, 0) is 0 Å². The maximum Gasteiger partial charge on any atom is 0.408 e. The second-order valence-electron chi connectivity index (χ2n) is 4.69. The fourth-order valence-electron chi connectivity index (χ4n) is 1.50. The van der Waals surface area contributed by atoms with Crippen LogP contribution in [0, 0.1) is 0 Å². The minimum Gasteiger partial charge on any atom is -0.352 e. The molecular formula is C14H16ClF3N6. The van der Waals surface area contributed by atoms with Crippen LogP contribution in [-0.4, -0.2) is 38.1 Å². The summed E-state index contributed by atoms with van der Waals surface area (Å²) < 4.78 is 84.6. The third-order valence-corrected chi connectivity index (χ3v) is 2.60. The van der Waals surface area contributed by atoms with Gasteiger partial charge < -0.3 is 10.6 Å². The van der Waals surface area contributed by atoms with Gasteiger partial charge in [0.15, 0.2) is 5.82 Å². The van der Waals surface area contributed by atoms with Crippen molar-refractivity contribution in [2.75, 3.05) is 10.6 Å². The van der Waals surface area contributed by atoms with Gasteiger partial charge in [-0.25, -0.2) is 4.98 Å². The quantitative estimate of drug-likeness (QED) is 0.784. The fourth-order valence-corrected chi connectivity index (χ4v) is 1.65. The van der Waals surface area contributed by atoms with E-state index in [4.69, 9.17) is 19.8 Å². The van der Waals surface area contributed by atoms with Crippen LogP contribution in [0.25, 0.3) is 11.5 Å². The molecule has 0 aliphatic carbocycles. The zero-order valence-corrected chi connectivity index (χ0v) is 13.2. The average Bonchev–Trinajstić information content (AvgIpc) is 2.53. The van der Waals surface area contributed by atoms with Crippen molar-refractivity contribution in [3.8, 4) is 11.5 Å². The Hall–Kier alpha value is -2.16. The molecule has 2 N–H and O–H groups in total. The Morgan fingerprint density at radius 2 is 1.88 bits per heavy atom. The van der Waals surface area contributed by atoms with Gasteiger partial charge in [0.2, 0.25) is 11.9 Å². The van der Waals surface area contributed by atoms with Crippen molar-refractivity contribution in [2.24, 2.45) is 0 Å². The largest absolute Gasteiger partial charge is 0.408 e. The van der Waals surface area contributed by atoms with Crippen molar-refractivity contribution in [3.05, 3.63) is 23.3 Å². The molecule has 0 saturated carbocycles. The van der Waals surface area contributed by atoms with Gasteiger partial charge in [0.05, 0.1) is 4.11 Å². The Bertz CT molecular complexity index is 920. The van der Waals surface area contributed by atoms with Gasteiger partial charge in [-0.3, -0.25) is 0 Å². The van der Waals surface area contributed by atoms with Gasteiger partial charge in [-0.1, -0.05) is 17.7 Å². The minimum atomic E-state index is -5.51. The molecule has 0 saturated heterocycles. The van der Waals surface area contributed by atoms with Crippen molar-refractivity contribution in [2.45, 2.75) is 38.9 Å². The predicted molar refractivity (Wildman–Crippen MR) is 86.0 cm³/mol. The molecule has 0 aromatic carbocycles. The number of hydrogen-bond acceptors (Lipinski definition) is 6. The van der Waals surface area contributed by atoms with Gasteiger partial charge in [0, 0.05) is 10.1 Å². The Labute approximate surface area is 150 Å². The second-order valence-corrected chi connectivity index (χ2v) is 5.05. The maximum absolute atomic E-state index is 13.4. The molecule has 2 aromatic rings. The number of nitrogens with one attached hydrogen (secondary N) is 2. The van der Waals surface area contributed by atoms with Crippen LogP contribution in [0.1, 0.15) is 28.9 Å². The van der Waals surface area contributed by atoms with Gasteiger partial charge in [-0.05, 0) is 32.8 Å². The number of pyridine rings is 1. The van der Waals surface area contributed by atoms with Gasteiger partial charge in [0.25, 0.3) is 0 Å². The highest BCUT2D eigenvalue weighted by Crippen LogP contribution is 2.24. The number of hydrogen-bond donors (Lipinski definition) is 2. The summed E-state index contributed by atoms with van der Waals surface area (Å²) in [6.07, 6.45) is -5.51. The third-order valence-electron chi connectivity index (χ3n) is 2.41. The van der Waals surface area contributed by atoms with Crippen molar-refractivity contribution in [1.29, 1.82) is 0 Å². The van der Waals surface area contributed by atoms with Crippen molar-refractivity contribution >= 4 is 23.5 Å². The summed E-state index contributed by atoms with van der Waals surface area (Å²) in [6.45, 7) is -1.02. The number of nitrogens with zero attached hydrogens (tertiary/aromatic N) is 4. The predicted octanol–water partition coefficient (Wildman–Crippen LogP) is 3.77. The topological polar surface area (TPSA) is 75.6 Å². The molecule has 0 aliphatic heterocycles. The lowest BCUT2D eigenvalue weighted by Crippen LogP contribution is -2.34. The molecule has 0 aliphatic rings. The molecule has 0 radical (unpaired) electrons. The summed E-state index contributed by atoms with van der Waals surface area (Å²) in [7, 11) is 0. The zero-order valence-electron chi connectivity index (χ0n) is 18.5.